The summed E-state index contributed by atoms with van der Waals surface area (Å²) in [5.41, 5.74) is 6.73. The topological polar surface area (TPSA) is 69.4 Å². The van der Waals surface area contributed by atoms with Crippen molar-refractivity contribution in [2.24, 2.45) is 0 Å². The Morgan fingerprint density at radius 2 is 1.59 bits per heavy atom. The van der Waals surface area contributed by atoms with Crippen LogP contribution in [0.15, 0.2) is 67.3 Å². The first-order valence-electron chi connectivity index (χ1n) is 9.35. The third-order valence-electron chi connectivity index (χ3n) is 5.16. The van der Waals surface area contributed by atoms with Gasteiger partial charge in [-0.15, -0.1) is 0 Å². The zero-order valence-electron chi connectivity index (χ0n) is 14.9. The fourth-order valence-electron chi connectivity index (χ4n) is 3.72. The molecule has 5 rings (SSSR count). The molecule has 1 aliphatic heterocycles. The van der Waals surface area contributed by atoms with Gasteiger partial charge in [-0.3, -0.25) is 0 Å². The van der Waals surface area contributed by atoms with Gasteiger partial charge in [-0.05, 0) is 42.6 Å². The number of benzene rings is 2. The fraction of sp³-hybridized carbons (Fsp3) is 0.182. The van der Waals surface area contributed by atoms with Gasteiger partial charge < -0.3 is 15.3 Å². The number of imidazole rings is 2. The number of hydrogen-bond acceptors (Lipinski definition) is 3. The van der Waals surface area contributed by atoms with Gasteiger partial charge in [0.25, 0.3) is 0 Å². The SMILES string of the molecule is c1cc(-c2cccc(-c3cnc(C4CCCN4)[nH]3)c2)cc(-c2cnc[nH]2)c1. The molecule has 3 heterocycles. The van der Waals surface area contributed by atoms with Crippen molar-refractivity contribution < 1.29 is 0 Å². The minimum Gasteiger partial charge on any atom is -0.345 e. The van der Waals surface area contributed by atoms with Crippen LogP contribution in [0.5, 0.6) is 0 Å². The van der Waals surface area contributed by atoms with Crippen molar-refractivity contribution >= 4 is 0 Å². The van der Waals surface area contributed by atoms with Crippen LogP contribution in [0, 0.1) is 0 Å². The number of H-pyrrole nitrogens is 2. The van der Waals surface area contributed by atoms with Crippen LogP contribution in [0.4, 0.5) is 0 Å². The average molecular weight is 355 g/mol. The summed E-state index contributed by atoms with van der Waals surface area (Å²) in [4.78, 5) is 15.4. The van der Waals surface area contributed by atoms with Gasteiger partial charge in [0, 0.05) is 11.1 Å². The molecule has 2 aromatic heterocycles. The van der Waals surface area contributed by atoms with E-state index in [4.69, 9.17) is 0 Å². The molecule has 2 aromatic carbocycles. The predicted molar refractivity (Wildman–Crippen MR) is 107 cm³/mol. The van der Waals surface area contributed by atoms with E-state index in [0.717, 1.165) is 41.3 Å². The van der Waals surface area contributed by atoms with Crippen LogP contribution in [-0.2, 0) is 0 Å². The summed E-state index contributed by atoms with van der Waals surface area (Å²) in [6.07, 6.45) is 7.85. The minimum absolute atomic E-state index is 0.355. The smallest absolute Gasteiger partial charge is 0.123 e. The number of nitrogens with one attached hydrogen (secondary N) is 3. The van der Waals surface area contributed by atoms with E-state index in [2.05, 4.69) is 73.8 Å². The molecule has 134 valence electrons. The molecule has 0 spiro atoms. The standard InChI is InChI=1S/C22H21N5/c1-4-15(10-17(6-1)20-12-23-14-26-20)16-5-2-7-18(11-16)21-13-25-22(27-21)19-8-3-9-24-19/h1-2,4-7,10-14,19,24H,3,8-9H2,(H,23,26)(H,25,27). The molecule has 1 fully saturated rings. The Kier molecular flexibility index (Phi) is 4.07. The zero-order valence-corrected chi connectivity index (χ0v) is 14.9. The Balaban J connectivity index is 1.47. The Labute approximate surface area is 157 Å². The van der Waals surface area contributed by atoms with Crippen molar-refractivity contribution in [2.75, 3.05) is 6.54 Å². The lowest BCUT2D eigenvalue weighted by Crippen LogP contribution is -2.14. The van der Waals surface area contributed by atoms with Gasteiger partial charge in [0.2, 0.25) is 0 Å². The minimum atomic E-state index is 0.355. The average Bonchev–Trinajstić information content (AvgIpc) is 3.50. The molecule has 3 N–H and O–H groups in total. The van der Waals surface area contributed by atoms with Crippen LogP contribution in [0.25, 0.3) is 33.6 Å². The monoisotopic (exact) mass is 355 g/mol. The van der Waals surface area contributed by atoms with Crippen LogP contribution in [0.2, 0.25) is 0 Å². The highest BCUT2D eigenvalue weighted by Gasteiger charge is 2.19. The molecule has 27 heavy (non-hydrogen) atoms. The molecule has 0 aliphatic carbocycles. The molecule has 0 saturated carbocycles. The van der Waals surface area contributed by atoms with Crippen LogP contribution in [0.3, 0.4) is 0 Å². The van der Waals surface area contributed by atoms with Gasteiger partial charge in [0.05, 0.1) is 36.2 Å². The molecular formula is C22H21N5. The largest absolute Gasteiger partial charge is 0.345 e. The van der Waals surface area contributed by atoms with Gasteiger partial charge in [0.1, 0.15) is 5.82 Å². The number of aromatic amines is 2. The third kappa shape index (κ3) is 3.17. The van der Waals surface area contributed by atoms with E-state index in [1.54, 1.807) is 6.33 Å². The fourth-order valence-corrected chi connectivity index (χ4v) is 3.72. The first-order valence-corrected chi connectivity index (χ1v) is 9.35. The lowest BCUT2D eigenvalue weighted by atomic mass is 9.99. The van der Waals surface area contributed by atoms with Gasteiger partial charge >= 0.3 is 0 Å². The van der Waals surface area contributed by atoms with Gasteiger partial charge in [0.15, 0.2) is 0 Å². The summed E-state index contributed by atoms with van der Waals surface area (Å²) in [5.74, 6) is 1.04. The van der Waals surface area contributed by atoms with Crippen molar-refractivity contribution in [3.05, 3.63) is 73.1 Å². The van der Waals surface area contributed by atoms with E-state index in [1.807, 2.05) is 12.4 Å². The van der Waals surface area contributed by atoms with Crippen LogP contribution >= 0.6 is 0 Å². The van der Waals surface area contributed by atoms with E-state index in [0.29, 0.717) is 6.04 Å². The Hall–Kier alpha value is -3.18. The Bertz CT molecular complexity index is 1040. The van der Waals surface area contributed by atoms with Crippen LogP contribution in [0.1, 0.15) is 24.7 Å². The highest BCUT2D eigenvalue weighted by Crippen LogP contribution is 2.29. The second-order valence-corrected chi connectivity index (χ2v) is 6.96. The summed E-state index contributed by atoms with van der Waals surface area (Å²) in [5, 5.41) is 3.49. The number of hydrogen-bond donors (Lipinski definition) is 3. The van der Waals surface area contributed by atoms with E-state index in [1.165, 1.54) is 17.5 Å². The maximum atomic E-state index is 4.60. The number of nitrogens with zero attached hydrogens (tertiary/aromatic N) is 2. The molecule has 1 aliphatic rings. The molecule has 0 radical (unpaired) electrons. The second kappa shape index (κ2) is 6.85. The summed E-state index contributed by atoms with van der Waals surface area (Å²) in [7, 11) is 0. The maximum absolute atomic E-state index is 4.60. The first kappa shape index (κ1) is 16.0. The molecule has 4 aromatic rings. The van der Waals surface area contributed by atoms with E-state index < -0.39 is 0 Å². The molecule has 1 unspecified atom stereocenters. The Morgan fingerprint density at radius 3 is 2.26 bits per heavy atom. The third-order valence-corrected chi connectivity index (χ3v) is 5.16. The van der Waals surface area contributed by atoms with Crippen molar-refractivity contribution in [3.8, 4) is 33.6 Å². The second-order valence-electron chi connectivity index (χ2n) is 6.96. The van der Waals surface area contributed by atoms with Crippen molar-refractivity contribution in [3.63, 3.8) is 0 Å². The molecular weight excluding hydrogens is 334 g/mol. The van der Waals surface area contributed by atoms with Crippen LogP contribution < -0.4 is 5.32 Å². The molecule has 5 heteroatoms. The van der Waals surface area contributed by atoms with Crippen molar-refractivity contribution in [2.45, 2.75) is 18.9 Å². The van der Waals surface area contributed by atoms with E-state index in [-0.39, 0.29) is 0 Å². The summed E-state index contributed by atoms with van der Waals surface area (Å²) >= 11 is 0. The van der Waals surface area contributed by atoms with E-state index in [9.17, 15) is 0 Å². The van der Waals surface area contributed by atoms with Gasteiger partial charge in [-0.25, -0.2) is 9.97 Å². The molecule has 1 atom stereocenters. The molecule has 0 amide bonds. The number of rotatable bonds is 4. The highest BCUT2D eigenvalue weighted by atomic mass is 15.0. The lowest BCUT2D eigenvalue weighted by Gasteiger charge is -2.07. The number of aromatic nitrogens is 4. The molecule has 1 saturated heterocycles. The van der Waals surface area contributed by atoms with Crippen molar-refractivity contribution in [1.82, 2.24) is 25.3 Å². The quantitative estimate of drug-likeness (QED) is 0.503. The lowest BCUT2D eigenvalue weighted by molar-refractivity contribution is 0.613. The predicted octanol–water partition coefficient (Wildman–Crippen LogP) is 4.56. The summed E-state index contributed by atoms with van der Waals surface area (Å²) < 4.78 is 0. The highest BCUT2D eigenvalue weighted by molar-refractivity contribution is 5.75. The van der Waals surface area contributed by atoms with Gasteiger partial charge in [-0.1, -0.05) is 36.4 Å². The summed E-state index contributed by atoms with van der Waals surface area (Å²) in [6.45, 7) is 1.07. The van der Waals surface area contributed by atoms with Gasteiger partial charge in [-0.2, -0.15) is 0 Å². The maximum Gasteiger partial charge on any atom is 0.123 e. The van der Waals surface area contributed by atoms with E-state index >= 15 is 0 Å². The normalized spacial score (nSPS) is 16.7. The summed E-state index contributed by atoms with van der Waals surface area (Å²) in [6, 6.07) is 17.4. The Morgan fingerprint density at radius 1 is 0.852 bits per heavy atom. The molecule has 5 nitrogen and oxygen atoms in total. The van der Waals surface area contributed by atoms with Crippen molar-refractivity contribution in [1.29, 1.82) is 0 Å². The zero-order chi connectivity index (χ0) is 18.1. The molecule has 0 bridgehead atoms. The van der Waals surface area contributed by atoms with Crippen LogP contribution in [-0.4, -0.2) is 26.5 Å². The first-order chi connectivity index (χ1) is 13.4.